The summed E-state index contributed by atoms with van der Waals surface area (Å²) >= 11 is 0. The number of carboxylic acids is 1. The van der Waals surface area contributed by atoms with Gasteiger partial charge in [0.05, 0.1) is 5.41 Å². The first-order valence-corrected chi connectivity index (χ1v) is 8.45. The van der Waals surface area contributed by atoms with E-state index >= 15 is 0 Å². The van der Waals surface area contributed by atoms with Gasteiger partial charge in [0.15, 0.2) is 0 Å². The predicted molar refractivity (Wildman–Crippen MR) is 81.9 cm³/mol. The van der Waals surface area contributed by atoms with Gasteiger partial charge < -0.3 is 9.84 Å². The molecule has 118 valence electrons. The Bertz CT molecular complexity index is 262. The topological polar surface area (TPSA) is 46.5 Å². The Morgan fingerprint density at radius 2 is 1.80 bits per heavy atom. The lowest BCUT2D eigenvalue weighted by atomic mass is 9.68. The summed E-state index contributed by atoms with van der Waals surface area (Å²) in [6, 6.07) is 0. The molecular weight excluding hydrogens is 252 g/mol. The smallest absolute Gasteiger partial charge is 0.309 e. The summed E-state index contributed by atoms with van der Waals surface area (Å²) in [5.74, 6) is 0.147. The van der Waals surface area contributed by atoms with Crippen LogP contribution in [0.3, 0.4) is 0 Å². The molecule has 0 atom stereocenters. The molecule has 0 saturated heterocycles. The second-order valence-electron chi connectivity index (χ2n) is 6.39. The summed E-state index contributed by atoms with van der Waals surface area (Å²) < 4.78 is 5.58. The molecule has 0 bridgehead atoms. The summed E-state index contributed by atoms with van der Waals surface area (Å²) in [5.41, 5.74) is -0.505. The van der Waals surface area contributed by atoms with Crippen LogP contribution in [0.25, 0.3) is 0 Å². The highest BCUT2D eigenvalue weighted by Crippen LogP contribution is 2.43. The van der Waals surface area contributed by atoms with Gasteiger partial charge in [0.2, 0.25) is 0 Å². The molecule has 3 heteroatoms. The molecule has 1 aliphatic carbocycles. The Balaban J connectivity index is 2.35. The predicted octanol–water partition coefficient (Wildman–Crippen LogP) is 4.64. The van der Waals surface area contributed by atoms with Gasteiger partial charge in [-0.25, -0.2) is 0 Å². The van der Waals surface area contributed by atoms with Crippen LogP contribution in [0.5, 0.6) is 0 Å². The SMILES string of the molecule is CCCCOCCC1(C(=O)O)CCC(CCCC)CC1. The van der Waals surface area contributed by atoms with E-state index in [0.717, 1.165) is 51.0 Å². The summed E-state index contributed by atoms with van der Waals surface area (Å²) in [6.07, 6.45) is 10.5. The minimum absolute atomic E-state index is 0.505. The lowest BCUT2D eigenvalue weighted by molar-refractivity contribution is -0.153. The van der Waals surface area contributed by atoms with Gasteiger partial charge in [0, 0.05) is 13.2 Å². The molecule has 0 aromatic rings. The van der Waals surface area contributed by atoms with Gasteiger partial charge in [0.1, 0.15) is 0 Å². The average Bonchev–Trinajstić information content (AvgIpc) is 2.46. The van der Waals surface area contributed by atoms with Crippen LogP contribution in [0.15, 0.2) is 0 Å². The van der Waals surface area contributed by atoms with Crippen LogP contribution in [0, 0.1) is 11.3 Å². The average molecular weight is 284 g/mol. The van der Waals surface area contributed by atoms with Crippen LogP contribution in [0.2, 0.25) is 0 Å². The van der Waals surface area contributed by atoms with Crippen molar-refractivity contribution in [1.82, 2.24) is 0 Å². The van der Waals surface area contributed by atoms with Gasteiger partial charge in [-0.15, -0.1) is 0 Å². The van der Waals surface area contributed by atoms with Crippen molar-refractivity contribution in [1.29, 1.82) is 0 Å². The maximum absolute atomic E-state index is 11.7. The van der Waals surface area contributed by atoms with Crippen LogP contribution >= 0.6 is 0 Å². The summed E-state index contributed by atoms with van der Waals surface area (Å²) in [7, 11) is 0. The number of carbonyl (C=O) groups is 1. The van der Waals surface area contributed by atoms with Gasteiger partial charge in [-0.1, -0.05) is 39.5 Å². The maximum atomic E-state index is 11.7. The van der Waals surface area contributed by atoms with Crippen LogP contribution < -0.4 is 0 Å². The molecule has 0 spiro atoms. The zero-order chi connectivity index (χ0) is 14.8. The Hall–Kier alpha value is -0.570. The molecule has 0 amide bonds. The number of unbranched alkanes of at least 4 members (excludes halogenated alkanes) is 2. The first-order valence-electron chi connectivity index (χ1n) is 8.45. The first-order chi connectivity index (χ1) is 9.64. The van der Waals surface area contributed by atoms with E-state index in [-0.39, 0.29) is 0 Å². The normalized spacial score (nSPS) is 26.6. The highest BCUT2D eigenvalue weighted by atomic mass is 16.5. The molecule has 1 N–H and O–H groups in total. The molecule has 1 fully saturated rings. The second-order valence-corrected chi connectivity index (χ2v) is 6.39. The molecule has 1 aliphatic rings. The van der Waals surface area contributed by atoms with Crippen molar-refractivity contribution in [2.24, 2.45) is 11.3 Å². The van der Waals surface area contributed by atoms with Crippen molar-refractivity contribution in [2.45, 2.75) is 78.1 Å². The molecule has 0 radical (unpaired) electrons. The minimum Gasteiger partial charge on any atom is -0.481 e. The molecule has 0 aliphatic heterocycles. The first kappa shape index (κ1) is 17.5. The van der Waals surface area contributed by atoms with E-state index in [0.29, 0.717) is 13.0 Å². The van der Waals surface area contributed by atoms with Gasteiger partial charge in [-0.2, -0.15) is 0 Å². The van der Waals surface area contributed by atoms with E-state index in [1.165, 1.54) is 19.3 Å². The van der Waals surface area contributed by atoms with Crippen molar-refractivity contribution in [3.05, 3.63) is 0 Å². The molecule has 0 aromatic carbocycles. The Labute approximate surface area is 124 Å². The van der Waals surface area contributed by atoms with Crippen molar-refractivity contribution in [2.75, 3.05) is 13.2 Å². The Morgan fingerprint density at radius 1 is 1.15 bits per heavy atom. The zero-order valence-electron chi connectivity index (χ0n) is 13.3. The van der Waals surface area contributed by atoms with Crippen LogP contribution in [-0.4, -0.2) is 24.3 Å². The molecule has 0 heterocycles. The van der Waals surface area contributed by atoms with Crippen LogP contribution in [0.1, 0.15) is 78.1 Å². The number of hydrogen-bond acceptors (Lipinski definition) is 2. The summed E-state index contributed by atoms with van der Waals surface area (Å²) in [4.78, 5) is 11.7. The maximum Gasteiger partial charge on any atom is 0.309 e. The summed E-state index contributed by atoms with van der Waals surface area (Å²) in [5, 5.41) is 9.60. The molecule has 3 nitrogen and oxygen atoms in total. The van der Waals surface area contributed by atoms with E-state index in [9.17, 15) is 9.90 Å². The van der Waals surface area contributed by atoms with Gasteiger partial charge in [0.25, 0.3) is 0 Å². The standard InChI is InChI=1S/C17H32O3/c1-3-5-7-15-8-10-17(11-9-15,16(18)19)12-14-20-13-6-4-2/h15H,3-14H2,1-2H3,(H,18,19). The number of hydrogen-bond donors (Lipinski definition) is 1. The molecule has 0 aromatic heterocycles. The fraction of sp³-hybridized carbons (Fsp3) is 0.941. The van der Waals surface area contributed by atoms with E-state index in [1.54, 1.807) is 0 Å². The van der Waals surface area contributed by atoms with E-state index in [1.807, 2.05) is 0 Å². The fourth-order valence-corrected chi connectivity index (χ4v) is 3.20. The van der Waals surface area contributed by atoms with Crippen molar-refractivity contribution < 1.29 is 14.6 Å². The summed E-state index contributed by atoms with van der Waals surface area (Å²) in [6.45, 7) is 5.73. The third-order valence-corrected chi connectivity index (χ3v) is 4.85. The fourth-order valence-electron chi connectivity index (χ4n) is 3.20. The highest BCUT2D eigenvalue weighted by Gasteiger charge is 2.41. The molecule has 0 unspecified atom stereocenters. The molecule has 20 heavy (non-hydrogen) atoms. The van der Waals surface area contributed by atoms with Gasteiger partial charge >= 0.3 is 5.97 Å². The number of rotatable bonds is 10. The minimum atomic E-state index is -0.606. The van der Waals surface area contributed by atoms with Crippen molar-refractivity contribution >= 4 is 5.97 Å². The van der Waals surface area contributed by atoms with Crippen molar-refractivity contribution in [3.8, 4) is 0 Å². The monoisotopic (exact) mass is 284 g/mol. The number of aliphatic carboxylic acids is 1. The van der Waals surface area contributed by atoms with Crippen LogP contribution in [0.4, 0.5) is 0 Å². The van der Waals surface area contributed by atoms with Crippen LogP contribution in [-0.2, 0) is 9.53 Å². The number of carboxylic acid groups (broad SMARTS) is 1. The van der Waals surface area contributed by atoms with Crippen molar-refractivity contribution in [3.63, 3.8) is 0 Å². The van der Waals surface area contributed by atoms with E-state index < -0.39 is 11.4 Å². The quantitative estimate of drug-likeness (QED) is 0.594. The number of ether oxygens (including phenoxy) is 1. The Kier molecular flexibility index (Phi) is 8.20. The van der Waals surface area contributed by atoms with E-state index in [2.05, 4.69) is 13.8 Å². The highest BCUT2D eigenvalue weighted by molar-refractivity contribution is 5.74. The van der Waals surface area contributed by atoms with E-state index in [4.69, 9.17) is 4.74 Å². The second kappa shape index (κ2) is 9.38. The Morgan fingerprint density at radius 3 is 2.35 bits per heavy atom. The molecule has 1 rings (SSSR count). The lowest BCUT2D eigenvalue weighted by Gasteiger charge is -2.37. The third kappa shape index (κ3) is 5.43. The third-order valence-electron chi connectivity index (χ3n) is 4.85. The zero-order valence-corrected chi connectivity index (χ0v) is 13.3. The molecule has 1 saturated carbocycles. The lowest BCUT2D eigenvalue weighted by Crippen LogP contribution is -2.36. The molecular formula is C17H32O3. The van der Waals surface area contributed by atoms with Gasteiger partial charge in [-0.05, 0) is 44.4 Å². The largest absolute Gasteiger partial charge is 0.481 e. The van der Waals surface area contributed by atoms with Gasteiger partial charge in [-0.3, -0.25) is 4.79 Å².